The number of halogens is 4. The van der Waals surface area contributed by atoms with Crippen LogP contribution in [-0.4, -0.2) is 12.5 Å². The predicted molar refractivity (Wildman–Crippen MR) is 129 cm³/mol. The summed E-state index contributed by atoms with van der Waals surface area (Å²) in [7, 11) is 0. The molecule has 0 saturated carbocycles. The summed E-state index contributed by atoms with van der Waals surface area (Å²) < 4.78 is 57.1. The van der Waals surface area contributed by atoms with Crippen LogP contribution in [0, 0.1) is 0 Å². The number of anilines is 1. The first-order valence-corrected chi connectivity index (χ1v) is 11.2. The van der Waals surface area contributed by atoms with Gasteiger partial charge in [0.15, 0.2) is 6.61 Å². The van der Waals surface area contributed by atoms with E-state index in [1.807, 2.05) is 6.92 Å². The average molecular weight is 518 g/mol. The second-order valence-corrected chi connectivity index (χ2v) is 8.07. The second kappa shape index (κ2) is 10.3. The molecule has 0 unspecified atom stereocenters. The Labute approximate surface area is 208 Å². The van der Waals surface area contributed by atoms with Gasteiger partial charge in [0, 0.05) is 6.07 Å². The molecule has 1 heterocycles. The summed E-state index contributed by atoms with van der Waals surface area (Å²) in [6.45, 7) is 1.47. The van der Waals surface area contributed by atoms with E-state index in [1.54, 1.807) is 36.4 Å². The van der Waals surface area contributed by atoms with Gasteiger partial charge in [-0.15, -0.1) is 0 Å². The minimum absolute atomic E-state index is 0.0249. The first-order chi connectivity index (χ1) is 17.2. The van der Waals surface area contributed by atoms with Crippen molar-refractivity contribution in [2.45, 2.75) is 19.5 Å². The van der Waals surface area contributed by atoms with Gasteiger partial charge in [-0.2, -0.15) is 13.2 Å². The van der Waals surface area contributed by atoms with Gasteiger partial charge >= 0.3 is 6.18 Å². The van der Waals surface area contributed by atoms with Gasteiger partial charge in [0.05, 0.1) is 16.1 Å². The average Bonchev–Trinajstić information content (AvgIpc) is 2.85. The molecular weight excluding hydrogens is 499 g/mol. The second-order valence-electron chi connectivity index (χ2n) is 7.66. The molecule has 1 amide bonds. The number of carbonyl (C=O) groups is 1. The smallest absolute Gasteiger partial charge is 0.453 e. The Balaban J connectivity index is 1.60. The number of fused-ring (bicyclic) bond motifs is 1. The van der Waals surface area contributed by atoms with E-state index in [4.69, 9.17) is 25.5 Å². The predicted octanol–water partition coefficient (Wildman–Crippen LogP) is 6.84. The lowest BCUT2D eigenvalue weighted by Gasteiger charge is -2.14. The third-order valence-electron chi connectivity index (χ3n) is 5.15. The lowest BCUT2D eigenvalue weighted by atomic mass is 10.1. The lowest BCUT2D eigenvalue weighted by molar-refractivity contribution is -0.154. The van der Waals surface area contributed by atoms with Gasteiger partial charge in [0.2, 0.25) is 11.2 Å². The summed E-state index contributed by atoms with van der Waals surface area (Å²) >= 11 is 5.99. The van der Waals surface area contributed by atoms with Crippen molar-refractivity contribution in [3.05, 3.63) is 93.3 Å². The van der Waals surface area contributed by atoms with Gasteiger partial charge in [-0.3, -0.25) is 9.59 Å². The fourth-order valence-corrected chi connectivity index (χ4v) is 3.52. The third kappa shape index (κ3) is 5.63. The molecule has 0 aliphatic carbocycles. The number of benzene rings is 3. The molecule has 10 heteroatoms. The Morgan fingerprint density at radius 1 is 1.03 bits per heavy atom. The van der Waals surface area contributed by atoms with E-state index in [-0.39, 0.29) is 22.5 Å². The van der Waals surface area contributed by atoms with E-state index in [0.29, 0.717) is 10.7 Å². The molecular formula is C26H19ClF3NO5. The van der Waals surface area contributed by atoms with Crippen LogP contribution in [0.15, 0.2) is 75.9 Å². The van der Waals surface area contributed by atoms with Crippen molar-refractivity contribution in [1.29, 1.82) is 0 Å². The van der Waals surface area contributed by atoms with Crippen LogP contribution in [0.2, 0.25) is 5.02 Å². The maximum Gasteiger partial charge on any atom is 0.453 e. The highest BCUT2D eigenvalue weighted by atomic mass is 35.5. The molecule has 1 aromatic heterocycles. The summed E-state index contributed by atoms with van der Waals surface area (Å²) in [5.74, 6) is -3.00. The van der Waals surface area contributed by atoms with Gasteiger partial charge in [-0.05, 0) is 48.4 Å². The van der Waals surface area contributed by atoms with Crippen molar-refractivity contribution in [3.63, 3.8) is 0 Å². The van der Waals surface area contributed by atoms with Crippen molar-refractivity contribution < 1.29 is 31.9 Å². The summed E-state index contributed by atoms with van der Waals surface area (Å²) in [4.78, 5) is 25.1. The van der Waals surface area contributed by atoms with E-state index in [0.717, 1.165) is 18.1 Å². The Morgan fingerprint density at radius 3 is 2.39 bits per heavy atom. The van der Waals surface area contributed by atoms with Crippen LogP contribution in [0.1, 0.15) is 18.2 Å². The highest BCUT2D eigenvalue weighted by Crippen LogP contribution is 2.38. The molecule has 36 heavy (non-hydrogen) atoms. The summed E-state index contributed by atoms with van der Waals surface area (Å²) in [5.41, 5.74) is -0.0304. The lowest BCUT2D eigenvalue weighted by Crippen LogP contribution is -2.20. The van der Waals surface area contributed by atoms with Crippen molar-refractivity contribution in [2.75, 3.05) is 11.9 Å². The number of hydrogen-bond acceptors (Lipinski definition) is 5. The van der Waals surface area contributed by atoms with E-state index in [9.17, 15) is 22.8 Å². The number of alkyl halides is 3. The highest BCUT2D eigenvalue weighted by Gasteiger charge is 2.40. The van der Waals surface area contributed by atoms with Crippen LogP contribution < -0.4 is 20.2 Å². The molecule has 0 aliphatic rings. The van der Waals surface area contributed by atoms with Crippen LogP contribution >= 0.6 is 11.6 Å². The minimum atomic E-state index is -5.00. The number of aryl methyl sites for hydroxylation is 1. The number of ether oxygens (including phenoxy) is 2. The first-order valence-electron chi connectivity index (χ1n) is 10.8. The standard InChI is InChI=1S/C26H19ClF3NO5/c1-2-15-7-9-16(10-8-15)35-24-23(33)18-12-11-17(13-21(18)36-25(24)26(28,29)30)34-14-22(32)31-20-6-4-3-5-19(20)27/h3-13H,2,14H2,1H3,(H,31,32). The van der Waals surface area contributed by atoms with E-state index >= 15 is 0 Å². The summed E-state index contributed by atoms with van der Waals surface area (Å²) in [6, 6.07) is 16.6. The number of para-hydroxylation sites is 1. The molecule has 3 aromatic carbocycles. The van der Waals surface area contributed by atoms with Gasteiger partial charge in [0.1, 0.15) is 17.1 Å². The van der Waals surface area contributed by atoms with Gasteiger partial charge < -0.3 is 19.2 Å². The Morgan fingerprint density at radius 2 is 1.72 bits per heavy atom. The van der Waals surface area contributed by atoms with E-state index in [1.165, 1.54) is 24.3 Å². The van der Waals surface area contributed by atoms with Crippen LogP contribution in [0.25, 0.3) is 11.0 Å². The van der Waals surface area contributed by atoms with Crippen LogP contribution in [0.5, 0.6) is 17.2 Å². The number of rotatable bonds is 7. The molecule has 0 bridgehead atoms. The first kappa shape index (κ1) is 25.1. The monoisotopic (exact) mass is 517 g/mol. The molecule has 0 aliphatic heterocycles. The minimum Gasteiger partial charge on any atom is -0.484 e. The largest absolute Gasteiger partial charge is 0.484 e. The summed E-state index contributed by atoms with van der Waals surface area (Å²) in [5, 5.41) is 2.75. The quantitative estimate of drug-likeness (QED) is 0.290. The van der Waals surface area contributed by atoms with Crippen LogP contribution in [0.3, 0.4) is 0 Å². The van der Waals surface area contributed by atoms with Gasteiger partial charge in [-0.1, -0.05) is 42.8 Å². The normalized spacial score (nSPS) is 11.4. The number of carbonyl (C=O) groups excluding carboxylic acids is 1. The maximum absolute atomic E-state index is 13.8. The molecule has 0 fully saturated rings. The number of nitrogens with one attached hydrogen (secondary N) is 1. The molecule has 6 nitrogen and oxygen atoms in total. The molecule has 0 radical (unpaired) electrons. The van der Waals surface area contributed by atoms with Crippen molar-refractivity contribution in [3.8, 4) is 17.2 Å². The van der Waals surface area contributed by atoms with Crippen molar-refractivity contribution in [1.82, 2.24) is 0 Å². The van der Waals surface area contributed by atoms with Crippen LogP contribution in [-0.2, 0) is 17.4 Å². The zero-order valence-electron chi connectivity index (χ0n) is 18.8. The Kier molecular flexibility index (Phi) is 7.21. The molecule has 4 aromatic rings. The SMILES string of the molecule is CCc1ccc(Oc2c(C(F)(F)F)oc3cc(OCC(=O)Nc4ccccc4Cl)ccc3c2=O)cc1. The third-order valence-corrected chi connectivity index (χ3v) is 5.48. The van der Waals surface area contributed by atoms with Crippen molar-refractivity contribution in [2.24, 2.45) is 0 Å². The zero-order valence-corrected chi connectivity index (χ0v) is 19.6. The fourth-order valence-electron chi connectivity index (χ4n) is 3.33. The van der Waals surface area contributed by atoms with Gasteiger partial charge in [0.25, 0.3) is 11.7 Å². The van der Waals surface area contributed by atoms with E-state index in [2.05, 4.69) is 5.32 Å². The molecule has 4 rings (SSSR count). The molecule has 0 spiro atoms. The maximum atomic E-state index is 13.8. The topological polar surface area (TPSA) is 77.8 Å². The Hall–Kier alpha value is -3.98. The number of amides is 1. The molecule has 1 N–H and O–H groups in total. The van der Waals surface area contributed by atoms with E-state index < -0.39 is 35.6 Å². The van der Waals surface area contributed by atoms with Gasteiger partial charge in [-0.25, -0.2) is 0 Å². The Bertz CT molecular complexity index is 1470. The summed E-state index contributed by atoms with van der Waals surface area (Å²) in [6.07, 6.45) is -4.27. The number of hydrogen-bond donors (Lipinski definition) is 1. The molecule has 186 valence electrons. The fraction of sp³-hybridized carbons (Fsp3) is 0.154. The highest BCUT2D eigenvalue weighted by molar-refractivity contribution is 6.33. The molecule has 0 saturated heterocycles. The van der Waals surface area contributed by atoms with Crippen molar-refractivity contribution >= 4 is 34.2 Å². The zero-order chi connectivity index (χ0) is 25.9. The van der Waals surface area contributed by atoms with Crippen LogP contribution in [0.4, 0.5) is 18.9 Å². The molecule has 0 atom stereocenters.